The summed E-state index contributed by atoms with van der Waals surface area (Å²) < 4.78 is 10.6. The SMILES string of the molecule is Clc1nc(N2CCOCC2)c2ccsc2n1.O=Cc1cc2c(N3CCOCC3)nc(Cl)nc2s1. The number of fused-ring (bicyclic) bond motifs is 2. The van der Waals surface area contributed by atoms with Crippen molar-refractivity contribution in [3.05, 3.63) is 33.0 Å². The van der Waals surface area contributed by atoms with E-state index in [1.807, 2.05) is 17.5 Å². The molecule has 4 aromatic rings. The summed E-state index contributed by atoms with van der Waals surface area (Å²) in [6.45, 7) is 6.10. The van der Waals surface area contributed by atoms with E-state index in [-0.39, 0.29) is 5.28 Å². The van der Waals surface area contributed by atoms with Crippen LogP contribution < -0.4 is 9.80 Å². The van der Waals surface area contributed by atoms with E-state index in [1.54, 1.807) is 11.3 Å². The Bertz CT molecular complexity index is 1300. The van der Waals surface area contributed by atoms with Crippen molar-refractivity contribution in [2.75, 3.05) is 62.4 Å². The molecule has 2 aliphatic rings. The van der Waals surface area contributed by atoms with E-state index in [4.69, 9.17) is 32.7 Å². The number of aldehydes is 1. The van der Waals surface area contributed by atoms with Gasteiger partial charge in [-0.1, -0.05) is 0 Å². The van der Waals surface area contributed by atoms with Gasteiger partial charge in [-0.2, -0.15) is 9.97 Å². The van der Waals surface area contributed by atoms with Crippen molar-refractivity contribution in [2.24, 2.45) is 0 Å². The Morgan fingerprint density at radius 1 is 0.824 bits per heavy atom. The monoisotopic (exact) mass is 538 g/mol. The van der Waals surface area contributed by atoms with Gasteiger partial charge in [-0.3, -0.25) is 4.79 Å². The van der Waals surface area contributed by atoms with E-state index in [1.165, 1.54) is 11.3 Å². The van der Waals surface area contributed by atoms with E-state index in [0.717, 1.165) is 77.7 Å². The molecule has 0 bridgehead atoms. The zero-order chi connectivity index (χ0) is 23.5. The highest BCUT2D eigenvalue weighted by Crippen LogP contribution is 2.32. The second-order valence-electron chi connectivity index (χ2n) is 7.46. The number of aromatic nitrogens is 4. The molecule has 0 unspecified atom stereocenters. The van der Waals surface area contributed by atoms with Crippen molar-refractivity contribution in [2.45, 2.75) is 0 Å². The lowest BCUT2D eigenvalue weighted by molar-refractivity contribution is 0.112. The number of thiophene rings is 2. The van der Waals surface area contributed by atoms with Crippen molar-refractivity contribution in [1.29, 1.82) is 0 Å². The summed E-state index contributed by atoms with van der Waals surface area (Å²) >= 11 is 14.8. The lowest BCUT2D eigenvalue weighted by atomic mass is 10.3. The van der Waals surface area contributed by atoms with Crippen LogP contribution in [0.4, 0.5) is 11.6 Å². The smallest absolute Gasteiger partial charge is 0.225 e. The third kappa shape index (κ3) is 5.09. The van der Waals surface area contributed by atoms with Crippen LogP contribution in [0.5, 0.6) is 0 Å². The molecule has 9 nitrogen and oxygen atoms in total. The van der Waals surface area contributed by atoms with Crippen LogP contribution in [0.25, 0.3) is 20.4 Å². The first-order chi connectivity index (χ1) is 16.6. The third-order valence-corrected chi connectivity index (χ3v) is 7.48. The molecule has 4 aromatic heterocycles. The molecule has 0 amide bonds. The Hall–Kier alpha value is -2.15. The van der Waals surface area contributed by atoms with Gasteiger partial charge in [0.1, 0.15) is 21.3 Å². The normalized spacial score (nSPS) is 16.5. The van der Waals surface area contributed by atoms with Gasteiger partial charge in [0, 0.05) is 26.2 Å². The number of rotatable bonds is 3. The van der Waals surface area contributed by atoms with Crippen LogP contribution in [-0.2, 0) is 9.47 Å². The summed E-state index contributed by atoms with van der Waals surface area (Å²) in [6.07, 6.45) is 0.823. The van der Waals surface area contributed by atoms with Gasteiger partial charge >= 0.3 is 0 Å². The highest BCUT2D eigenvalue weighted by molar-refractivity contribution is 7.20. The molecule has 0 atom stereocenters. The predicted molar refractivity (Wildman–Crippen MR) is 136 cm³/mol. The average molecular weight is 539 g/mol. The zero-order valence-corrected chi connectivity index (χ0v) is 21.1. The molecule has 34 heavy (non-hydrogen) atoms. The Kier molecular flexibility index (Phi) is 7.37. The highest BCUT2D eigenvalue weighted by Gasteiger charge is 2.19. The number of anilines is 2. The summed E-state index contributed by atoms with van der Waals surface area (Å²) in [7, 11) is 0. The van der Waals surface area contributed by atoms with Gasteiger partial charge in [0.2, 0.25) is 10.6 Å². The van der Waals surface area contributed by atoms with Crippen LogP contribution >= 0.6 is 45.9 Å². The first kappa shape index (κ1) is 23.6. The fraction of sp³-hybridized carbons (Fsp3) is 0.381. The van der Waals surface area contributed by atoms with Gasteiger partial charge < -0.3 is 19.3 Å². The summed E-state index contributed by atoms with van der Waals surface area (Å²) in [5.41, 5.74) is 0. The number of carbonyl (C=O) groups excluding carboxylic acids is 1. The molecule has 6 rings (SSSR count). The van der Waals surface area contributed by atoms with E-state index in [2.05, 4.69) is 29.7 Å². The lowest BCUT2D eigenvalue weighted by Gasteiger charge is -2.28. The summed E-state index contributed by atoms with van der Waals surface area (Å²) in [4.78, 5) is 34.5. The molecular weight excluding hydrogens is 519 g/mol. The highest BCUT2D eigenvalue weighted by atomic mass is 35.5. The molecule has 2 saturated heterocycles. The standard InChI is InChI=1S/C11H10ClN3O2S.C10H10ClN3OS/c12-11-13-9(15-1-3-17-4-2-15)8-5-7(6-16)18-10(8)14-11;11-10-12-8(14-2-4-15-5-3-14)7-1-6-16-9(7)13-10/h5-6H,1-4H2;1,6H,2-5H2. The van der Waals surface area contributed by atoms with Crippen LogP contribution in [0.3, 0.4) is 0 Å². The van der Waals surface area contributed by atoms with Gasteiger partial charge in [0.05, 0.1) is 42.1 Å². The molecular formula is C21H20Cl2N6O3S2. The molecule has 2 aliphatic heterocycles. The molecule has 2 fully saturated rings. The molecule has 0 spiro atoms. The topological polar surface area (TPSA) is 93.6 Å². The molecule has 13 heteroatoms. The average Bonchev–Trinajstić information content (AvgIpc) is 3.51. The largest absolute Gasteiger partial charge is 0.378 e. The van der Waals surface area contributed by atoms with Crippen molar-refractivity contribution in [1.82, 2.24) is 19.9 Å². The minimum Gasteiger partial charge on any atom is -0.378 e. The van der Waals surface area contributed by atoms with E-state index in [9.17, 15) is 4.79 Å². The fourth-order valence-electron chi connectivity index (χ4n) is 3.80. The quantitative estimate of drug-likeness (QED) is 0.281. The molecule has 0 aliphatic carbocycles. The number of nitrogens with zero attached hydrogens (tertiary/aromatic N) is 6. The number of morpholine rings is 2. The Morgan fingerprint density at radius 2 is 1.38 bits per heavy atom. The zero-order valence-electron chi connectivity index (χ0n) is 17.9. The Labute approximate surface area is 213 Å². The second kappa shape index (κ2) is 10.6. The second-order valence-corrected chi connectivity index (χ2v) is 10.1. The third-order valence-electron chi connectivity index (χ3n) is 5.38. The van der Waals surface area contributed by atoms with Crippen LogP contribution in [0.15, 0.2) is 17.5 Å². The molecule has 0 radical (unpaired) electrons. The maximum Gasteiger partial charge on any atom is 0.225 e. The van der Waals surface area contributed by atoms with E-state index in [0.29, 0.717) is 23.4 Å². The summed E-state index contributed by atoms with van der Waals surface area (Å²) in [6, 6.07) is 3.86. The first-order valence-electron chi connectivity index (χ1n) is 10.6. The van der Waals surface area contributed by atoms with Gasteiger partial charge in [0.25, 0.3) is 0 Å². The summed E-state index contributed by atoms with van der Waals surface area (Å²) in [5.74, 6) is 1.72. The van der Waals surface area contributed by atoms with Crippen LogP contribution in [0, 0.1) is 0 Å². The predicted octanol–water partition coefficient (Wildman–Crippen LogP) is 4.18. The number of hydrogen-bond acceptors (Lipinski definition) is 11. The van der Waals surface area contributed by atoms with Gasteiger partial charge in [0.15, 0.2) is 6.29 Å². The maximum absolute atomic E-state index is 10.8. The van der Waals surface area contributed by atoms with Gasteiger partial charge in [-0.25, -0.2) is 9.97 Å². The van der Waals surface area contributed by atoms with E-state index >= 15 is 0 Å². The molecule has 0 N–H and O–H groups in total. The number of ether oxygens (including phenoxy) is 2. The van der Waals surface area contributed by atoms with Crippen molar-refractivity contribution < 1.29 is 14.3 Å². The molecule has 178 valence electrons. The van der Waals surface area contributed by atoms with Crippen molar-refractivity contribution in [3.63, 3.8) is 0 Å². The first-order valence-corrected chi connectivity index (χ1v) is 13.1. The number of carbonyl (C=O) groups is 1. The number of hydrogen-bond donors (Lipinski definition) is 0. The van der Waals surface area contributed by atoms with Crippen LogP contribution in [0.2, 0.25) is 10.6 Å². The molecule has 0 saturated carbocycles. The Balaban J connectivity index is 0.000000142. The lowest BCUT2D eigenvalue weighted by Crippen LogP contribution is -2.36. The van der Waals surface area contributed by atoms with Crippen molar-refractivity contribution in [3.8, 4) is 0 Å². The van der Waals surface area contributed by atoms with Crippen molar-refractivity contribution >= 4 is 84.2 Å². The minimum absolute atomic E-state index is 0.211. The van der Waals surface area contributed by atoms with Crippen LogP contribution in [-0.4, -0.2) is 78.8 Å². The molecule has 0 aromatic carbocycles. The minimum atomic E-state index is 0.211. The summed E-state index contributed by atoms with van der Waals surface area (Å²) in [5, 5.41) is 4.50. The van der Waals surface area contributed by atoms with E-state index < -0.39 is 0 Å². The fourth-order valence-corrected chi connectivity index (χ4v) is 5.83. The van der Waals surface area contributed by atoms with Gasteiger partial charge in [-0.15, -0.1) is 22.7 Å². The molecule has 6 heterocycles. The Morgan fingerprint density at radius 3 is 1.97 bits per heavy atom. The maximum atomic E-state index is 10.8. The van der Waals surface area contributed by atoms with Crippen LogP contribution in [0.1, 0.15) is 9.67 Å². The van der Waals surface area contributed by atoms with Gasteiger partial charge in [-0.05, 0) is 40.7 Å². The number of halogens is 2.